The molecule has 0 amide bonds. The van der Waals surface area contributed by atoms with Crippen molar-refractivity contribution in [3.8, 4) is 6.07 Å². The Labute approximate surface area is 99.6 Å². The summed E-state index contributed by atoms with van der Waals surface area (Å²) in [4.78, 5) is 2.18. The maximum absolute atomic E-state index is 8.78. The van der Waals surface area contributed by atoms with Crippen LogP contribution >= 0.6 is 15.9 Å². The van der Waals surface area contributed by atoms with Gasteiger partial charge in [0, 0.05) is 24.6 Å². The molecule has 0 saturated carbocycles. The van der Waals surface area contributed by atoms with E-state index < -0.39 is 0 Å². The van der Waals surface area contributed by atoms with E-state index in [1.54, 1.807) is 0 Å². The Morgan fingerprint density at radius 1 is 1.40 bits per heavy atom. The number of halogens is 1. The number of anilines is 1. The van der Waals surface area contributed by atoms with Crippen LogP contribution in [0.15, 0.2) is 24.3 Å². The largest absolute Gasteiger partial charge is 0.375 e. The lowest BCUT2D eigenvalue weighted by Crippen LogP contribution is -2.18. The fourth-order valence-electron chi connectivity index (χ4n) is 1.39. The third kappa shape index (κ3) is 3.93. The van der Waals surface area contributed by atoms with Crippen LogP contribution in [0.25, 0.3) is 0 Å². The first-order chi connectivity index (χ1) is 7.27. The molecule has 0 fully saturated rings. The van der Waals surface area contributed by atoms with Gasteiger partial charge in [0.05, 0.1) is 11.6 Å². The van der Waals surface area contributed by atoms with Crippen LogP contribution in [0.1, 0.15) is 18.4 Å². The molecule has 2 nitrogen and oxygen atoms in total. The zero-order chi connectivity index (χ0) is 11.1. The minimum absolute atomic E-state index is 0.722. The average Bonchev–Trinajstić information content (AvgIpc) is 2.29. The van der Waals surface area contributed by atoms with Crippen LogP contribution in [0.5, 0.6) is 0 Å². The lowest BCUT2D eigenvalue weighted by Gasteiger charge is -2.19. The zero-order valence-corrected chi connectivity index (χ0v) is 10.5. The second-order valence-corrected chi connectivity index (χ2v) is 4.27. The molecule has 80 valence electrons. The number of unbranched alkanes of at least 4 members (excludes halogenated alkanes) is 1. The summed E-state index contributed by atoms with van der Waals surface area (Å²) in [7, 11) is 2.06. The van der Waals surface area contributed by atoms with Crippen molar-refractivity contribution in [3.05, 3.63) is 29.8 Å². The van der Waals surface area contributed by atoms with Crippen LogP contribution in [0.2, 0.25) is 0 Å². The summed E-state index contributed by atoms with van der Waals surface area (Å²) in [5.41, 5.74) is 1.84. The third-order valence-electron chi connectivity index (χ3n) is 2.29. The van der Waals surface area contributed by atoms with Gasteiger partial charge in [-0.2, -0.15) is 5.26 Å². The van der Waals surface area contributed by atoms with Crippen LogP contribution in [0.3, 0.4) is 0 Å². The minimum Gasteiger partial charge on any atom is -0.375 e. The van der Waals surface area contributed by atoms with Crippen LogP contribution in [-0.4, -0.2) is 18.9 Å². The summed E-state index contributed by atoms with van der Waals surface area (Å²) < 4.78 is 0. The highest BCUT2D eigenvalue weighted by Crippen LogP contribution is 2.14. The van der Waals surface area contributed by atoms with E-state index in [4.69, 9.17) is 5.26 Å². The topological polar surface area (TPSA) is 27.0 Å². The molecule has 0 unspecified atom stereocenters. The second-order valence-electron chi connectivity index (χ2n) is 3.48. The highest BCUT2D eigenvalue weighted by molar-refractivity contribution is 9.09. The van der Waals surface area contributed by atoms with E-state index in [9.17, 15) is 0 Å². The van der Waals surface area contributed by atoms with Gasteiger partial charge < -0.3 is 4.90 Å². The van der Waals surface area contributed by atoms with Gasteiger partial charge >= 0.3 is 0 Å². The van der Waals surface area contributed by atoms with Gasteiger partial charge in [-0.05, 0) is 31.0 Å². The molecule has 0 aliphatic carbocycles. The highest BCUT2D eigenvalue weighted by atomic mass is 79.9. The number of hydrogen-bond donors (Lipinski definition) is 0. The molecule has 0 aliphatic heterocycles. The standard InChI is InChI=1S/C12H15BrN2/c1-15(8-3-2-7-13)12-6-4-5-11(9-12)10-14/h4-6,9H,2-3,7-8H2,1H3. The molecule has 1 rings (SSSR count). The molecule has 15 heavy (non-hydrogen) atoms. The first-order valence-electron chi connectivity index (χ1n) is 5.05. The number of nitrogens with zero attached hydrogens (tertiary/aromatic N) is 2. The van der Waals surface area contributed by atoms with Gasteiger partial charge in [-0.15, -0.1) is 0 Å². The first-order valence-corrected chi connectivity index (χ1v) is 6.17. The lowest BCUT2D eigenvalue weighted by atomic mass is 10.2. The zero-order valence-electron chi connectivity index (χ0n) is 8.91. The molecule has 0 heterocycles. The number of nitriles is 1. The van der Waals surface area contributed by atoms with Gasteiger partial charge in [-0.25, -0.2) is 0 Å². The Morgan fingerprint density at radius 3 is 2.87 bits per heavy atom. The molecule has 0 N–H and O–H groups in total. The van der Waals surface area contributed by atoms with Crippen molar-refractivity contribution in [3.63, 3.8) is 0 Å². The van der Waals surface area contributed by atoms with Crippen molar-refractivity contribution in [2.45, 2.75) is 12.8 Å². The summed E-state index contributed by atoms with van der Waals surface area (Å²) in [6, 6.07) is 9.87. The van der Waals surface area contributed by atoms with Crippen LogP contribution in [0, 0.1) is 11.3 Å². The van der Waals surface area contributed by atoms with Crippen LogP contribution < -0.4 is 4.90 Å². The fourth-order valence-corrected chi connectivity index (χ4v) is 1.78. The Hall–Kier alpha value is -1.01. The van der Waals surface area contributed by atoms with Gasteiger partial charge in [0.1, 0.15) is 0 Å². The van der Waals surface area contributed by atoms with Crippen molar-refractivity contribution >= 4 is 21.6 Å². The van der Waals surface area contributed by atoms with Crippen molar-refractivity contribution < 1.29 is 0 Å². The van der Waals surface area contributed by atoms with E-state index in [-0.39, 0.29) is 0 Å². The summed E-state index contributed by atoms with van der Waals surface area (Å²) in [6.07, 6.45) is 2.35. The predicted octanol–water partition coefficient (Wildman–Crippen LogP) is 3.17. The lowest BCUT2D eigenvalue weighted by molar-refractivity contribution is 0.775. The highest BCUT2D eigenvalue weighted by Gasteiger charge is 2.00. The average molecular weight is 267 g/mol. The van der Waals surface area contributed by atoms with Gasteiger partial charge in [-0.3, -0.25) is 0 Å². The molecule has 1 aromatic rings. The number of alkyl halides is 1. The monoisotopic (exact) mass is 266 g/mol. The Bertz CT molecular complexity index is 344. The molecule has 0 radical (unpaired) electrons. The molecule has 0 bridgehead atoms. The smallest absolute Gasteiger partial charge is 0.0992 e. The second kappa shape index (κ2) is 6.47. The molecular weight excluding hydrogens is 252 g/mol. The predicted molar refractivity (Wildman–Crippen MR) is 67.5 cm³/mol. The first kappa shape index (κ1) is 12.1. The number of rotatable bonds is 5. The summed E-state index contributed by atoms with van der Waals surface area (Å²) >= 11 is 3.42. The maximum atomic E-state index is 8.78. The molecule has 0 saturated heterocycles. The van der Waals surface area contributed by atoms with Crippen molar-refractivity contribution in [1.29, 1.82) is 5.26 Å². The van der Waals surface area contributed by atoms with Crippen molar-refractivity contribution in [2.24, 2.45) is 0 Å². The quantitative estimate of drug-likeness (QED) is 0.605. The molecule has 0 aliphatic rings. The van der Waals surface area contributed by atoms with E-state index in [1.165, 1.54) is 12.8 Å². The van der Waals surface area contributed by atoms with E-state index in [0.717, 1.165) is 23.1 Å². The Kier molecular flexibility index (Phi) is 5.20. The minimum atomic E-state index is 0.722. The van der Waals surface area contributed by atoms with Gasteiger partial charge in [0.2, 0.25) is 0 Å². The molecule has 0 spiro atoms. The molecular formula is C12H15BrN2. The summed E-state index contributed by atoms with van der Waals surface area (Å²) in [5, 5.41) is 9.84. The molecule has 0 atom stereocenters. The SMILES string of the molecule is CN(CCCCBr)c1cccc(C#N)c1. The third-order valence-corrected chi connectivity index (χ3v) is 2.85. The van der Waals surface area contributed by atoms with Crippen molar-refractivity contribution in [1.82, 2.24) is 0 Å². The van der Waals surface area contributed by atoms with Crippen molar-refractivity contribution in [2.75, 3.05) is 23.8 Å². The maximum Gasteiger partial charge on any atom is 0.0992 e. The van der Waals surface area contributed by atoms with Crippen LogP contribution in [-0.2, 0) is 0 Å². The van der Waals surface area contributed by atoms with E-state index in [2.05, 4.69) is 33.9 Å². The summed E-state index contributed by atoms with van der Waals surface area (Å²) in [6.45, 7) is 1.03. The van der Waals surface area contributed by atoms with Crippen LogP contribution in [0.4, 0.5) is 5.69 Å². The van der Waals surface area contributed by atoms with Gasteiger partial charge in [0.25, 0.3) is 0 Å². The Morgan fingerprint density at radius 2 is 2.20 bits per heavy atom. The number of benzene rings is 1. The summed E-state index contributed by atoms with van der Waals surface area (Å²) in [5.74, 6) is 0. The molecule has 0 aromatic heterocycles. The fraction of sp³-hybridized carbons (Fsp3) is 0.417. The van der Waals surface area contributed by atoms with E-state index in [1.807, 2.05) is 24.3 Å². The number of hydrogen-bond acceptors (Lipinski definition) is 2. The van der Waals surface area contributed by atoms with E-state index in [0.29, 0.717) is 0 Å². The van der Waals surface area contributed by atoms with Gasteiger partial charge in [0.15, 0.2) is 0 Å². The van der Waals surface area contributed by atoms with Gasteiger partial charge in [-0.1, -0.05) is 22.0 Å². The Balaban J connectivity index is 2.57. The normalized spacial score (nSPS) is 9.67. The molecule has 3 heteroatoms. The molecule has 1 aromatic carbocycles. The van der Waals surface area contributed by atoms with E-state index >= 15 is 0 Å².